The fraction of sp³-hybridized carbons (Fsp3) is 0.562. The summed E-state index contributed by atoms with van der Waals surface area (Å²) in [5.41, 5.74) is 1.38. The van der Waals surface area contributed by atoms with Gasteiger partial charge in [0.15, 0.2) is 0 Å². The average Bonchev–Trinajstić information content (AvgIpc) is 3.34. The zero-order valence-corrected chi connectivity index (χ0v) is 14.2. The number of benzene rings is 1. The van der Waals surface area contributed by atoms with Crippen molar-refractivity contribution in [3.8, 4) is 0 Å². The summed E-state index contributed by atoms with van der Waals surface area (Å²) in [5.74, 6) is 0. The van der Waals surface area contributed by atoms with Crippen LogP contribution < -0.4 is 10.6 Å². The Morgan fingerprint density at radius 3 is 2.52 bits per heavy atom. The maximum atomic E-state index is 12.7. The molecule has 0 radical (unpaired) electrons. The number of piperidine rings is 1. The first kappa shape index (κ1) is 16.3. The molecule has 3 rings (SSSR count). The van der Waals surface area contributed by atoms with Gasteiger partial charge in [-0.05, 0) is 50.3 Å². The molecule has 7 heteroatoms. The molecule has 0 aromatic heterocycles. The van der Waals surface area contributed by atoms with Gasteiger partial charge in [-0.25, -0.2) is 13.2 Å². The van der Waals surface area contributed by atoms with E-state index in [9.17, 15) is 13.2 Å². The minimum Gasteiger partial charge on any atom is -0.335 e. The number of sulfonamides is 1. The minimum absolute atomic E-state index is 0.242. The normalized spacial score (nSPS) is 19.3. The quantitative estimate of drug-likeness (QED) is 0.886. The van der Waals surface area contributed by atoms with Crippen molar-refractivity contribution in [2.45, 2.75) is 50.0 Å². The minimum atomic E-state index is -3.49. The van der Waals surface area contributed by atoms with E-state index in [1.165, 1.54) is 4.31 Å². The molecule has 2 fully saturated rings. The first-order valence-corrected chi connectivity index (χ1v) is 9.59. The molecule has 0 unspecified atom stereocenters. The van der Waals surface area contributed by atoms with E-state index < -0.39 is 10.0 Å². The second-order valence-corrected chi connectivity index (χ2v) is 8.25. The first-order valence-electron chi connectivity index (χ1n) is 8.15. The average molecular weight is 337 g/mol. The van der Waals surface area contributed by atoms with Gasteiger partial charge in [-0.15, -0.1) is 0 Å². The van der Waals surface area contributed by atoms with Crippen LogP contribution >= 0.6 is 0 Å². The summed E-state index contributed by atoms with van der Waals surface area (Å²) in [5, 5.41) is 5.61. The molecule has 0 spiro atoms. The van der Waals surface area contributed by atoms with Crippen LogP contribution in [0.25, 0.3) is 0 Å². The second-order valence-electron chi connectivity index (χ2n) is 6.31. The molecule has 1 aromatic carbocycles. The Labute approximate surface area is 137 Å². The third-order valence-corrected chi connectivity index (χ3v) is 6.22. The number of nitrogens with zero attached hydrogens (tertiary/aromatic N) is 1. The van der Waals surface area contributed by atoms with Crippen molar-refractivity contribution in [1.29, 1.82) is 0 Å². The SMILES string of the molecule is Cc1ccc(S(=O)(=O)N2CCCCC2)cc1NC(=O)NC1CC1. The Morgan fingerprint density at radius 2 is 1.87 bits per heavy atom. The highest BCUT2D eigenvalue weighted by atomic mass is 32.2. The highest BCUT2D eigenvalue weighted by Gasteiger charge is 2.27. The predicted octanol–water partition coefficient (Wildman–Crippen LogP) is 2.45. The molecule has 1 aliphatic heterocycles. The molecule has 2 amide bonds. The van der Waals surface area contributed by atoms with Crippen LogP contribution in [0.2, 0.25) is 0 Å². The molecule has 2 N–H and O–H groups in total. The fourth-order valence-electron chi connectivity index (χ4n) is 2.72. The number of urea groups is 1. The third kappa shape index (κ3) is 3.84. The molecule has 0 bridgehead atoms. The maximum Gasteiger partial charge on any atom is 0.319 e. The lowest BCUT2D eigenvalue weighted by molar-refractivity contribution is 0.251. The Bertz CT molecular complexity index is 693. The standard InChI is InChI=1S/C16H23N3O3S/c1-12-5-8-14(23(21,22)19-9-3-2-4-10-19)11-15(12)18-16(20)17-13-6-7-13/h5,8,11,13H,2-4,6-7,9-10H2,1H3,(H2,17,18,20). The van der Waals surface area contributed by atoms with Crippen LogP contribution in [0.4, 0.5) is 10.5 Å². The van der Waals surface area contributed by atoms with Gasteiger partial charge in [0, 0.05) is 24.8 Å². The van der Waals surface area contributed by atoms with E-state index in [2.05, 4.69) is 10.6 Å². The van der Waals surface area contributed by atoms with Crippen LogP contribution in [0.1, 0.15) is 37.7 Å². The van der Waals surface area contributed by atoms with Crippen molar-refractivity contribution >= 4 is 21.7 Å². The number of carbonyl (C=O) groups excluding carboxylic acids is 1. The molecule has 1 aromatic rings. The van der Waals surface area contributed by atoms with Crippen LogP contribution in [0.15, 0.2) is 23.1 Å². The maximum absolute atomic E-state index is 12.7. The topological polar surface area (TPSA) is 78.5 Å². The van der Waals surface area contributed by atoms with E-state index in [-0.39, 0.29) is 17.0 Å². The van der Waals surface area contributed by atoms with Crippen molar-refractivity contribution in [2.24, 2.45) is 0 Å². The molecule has 0 atom stereocenters. The summed E-state index contributed by atoms with van der Waals surface area (Å²) < 4.78 is 27.0. The lowest BCUT2D eigenvalue weighted by Crippen LogP contribution is -2.35. The zero-order chi connectivity index (χ0) is 16.4. The third-order valence-electron chi connectivity index (χ3n) is 4.32. The van der Waals surface area contributed by atoms with Crippen molar-refractivity contribution in [2.75, 3.05) is 18.4 Å². The Morgan fingerprint density at radius 1 is 1.17 bits per heavy atom. The van der Waals surface area contributed by atoms with Gasteiger partial charge in [0.2, 0.25) is 10.0 Å². The second kappa shape index (κ2) is 6.49. The molecule has 6 nitrogen and oxygen atoms in total. The van der Waals surface area contributed by atoms with E-state index >= 15 is 0 Å². The molecule has 23 heavy (non-hydrogen) atoms. The number of hydrogen-bond acceptors (Lipinski definition) is 3. The smallest absolute Gasteiger partial charge is 0.319 e. The van der Waals surface area contributed by atoms with Crippen LogP contribution in [0.3, 0.4) is 0 Å². The van der Waals surface area contributed by atoms with Crippen LogP contribution in [-0.4, -0.2) is 37.9 Å². The highest BCUT2D eigenvalue weighted by Crippen LogP contribution is 2.25. The van der Waals surface area contributed by atoms with Crippen molar-refractivity contribution < 1.29 is 13.2 Å². The van der Waals surface area contributed by atoms with Crippen molar-refractivity contribution in [1.82, 2.24) is 9.62 Å². The van der Waals surface area contributed by atoms with E-state index in [0.29, 0.717) is 18.8 Å². The predicted molar refractivity (Wildman–Crippen MR) is 89.0 cm³/mol. The van der Waals surface area contributed by atoms with Gasteiger partial charge >= 0.3 is 6.03 Å². The van der Waals surface area contributed by atoms with Gasteiger partial charge in [0.1, 0.15) is 0 Å². The van der Waals surface area contributed by atoms with Crippen LogP contribution in [0, 0.1) is 6.92 Å². The summed E-state index contributed by atoms with van der Waals surface area (Å²) in [7, 11) is -3.49. The zero-order valence-electron chi connectivity index (χ0n) is 13.3. The van der Waals surface area contributed by atoms with Crippen LogP contribution in [-0.2, 0) is 10.0 Å². The number of hydrogen-bond donors (Lipinski definition) is 2. The number of anilines is 1. The summed E-state index contributed by atoms with van der Waals surface area (Å²) in [6.45, 7) is 2.99. The van der Waals surface area contributed by atoms with E-state index in [1.807, 2.05) is 6.92 Å². The molecule has 126 valence electrons. The van der Waals surface area contributed by atoms with Gasteiger partial charge in [-0.3, -0.25) is 0 Å². The lowest BCUT2D eigenvalue weighted by Gasteiger charge is -2.26. The lowest BCUT2D eigenvalue weighted by atomic mass is 10.2. The van der Waals surface area contributed by atoms with Crippen molar-refractivity contribution in [3.63, 3.8) is 0 Å². The Hall–Kier alpha value is -1.60. The molecular formula is C16H23N3O3S. The molecule has 1 aliphatic carbocycles. The van der Waals surface area contributed by atoms with Crippen LogP contribution in [0.5, 0.6) is 0 Å². The Balaban J connectivity index is 1.79. The number of amides is 2. The van der Waals surface area contributed by atoms with Gasteiger partial charge in [0.05, 0.1) is 4.90 Å². The summed E-state index contributed by atoms with van der Waals surface area (Å²) >= 11 is 0. The van der Waals surface area contributed by atoms with Crippen molar-refractivity contribution in [3.05, 3.63) is 23.8 Å². The number of rotatable bonds is 4. The summed E-state index contributed by atoms with van der Waals surface area (Å²) in [4.78, 5) is 12.1. The number of nitrogens with one attached hydrogen (secondary N) is 2. The monoisotopic (exact) mass is 337 g/mol. The number of aryl methyl sites for hydroxylation is 1. The van der Waals surface area contributed by atoms with E-state index in [1.54, 1.807) is 18.2 Å². The van der Waals surface area contributed by atoms with E-state index in [0.717, 1.165) is 37.7 Å². The largest absolute Gasteiger partial charge is 0.335 e. The first-order chi connectivity index (χ1) is 11.0. The van der Waals surface area contributed by atoms with Gasteiger partial charge in [0.25, 0.3) is 0 Å². The Kier molecular flexibility index (Phi) is 4.59. The van der Waals surface area contributed by atoms with Gasteiger partial charge in [-0.2, -0.15) is 4.31 Å². The molecule has 1 saturated carbocycles. The van der Waals surface area contributed by atoms with Gasteiger partial charge in [-0.1, -0.05) is 12.5 Å². The highest BCUT2D eigenvalue weighted by molar-refractivity contribution is 7.89. The van der Waals surface area contributed by atoms with E-state index in [4.69, 9.17) is 0 Å². The number of carbonyl (C=O) groups is 1. The molecule has 1 heterocycles. The molecular weight excluding hydrogens is 314 g/mol. The summed E-state index contributed by atoms with van der Waals surface area (Å²) in [6, 6.07) is 4.90. The summed E-state index contributed by atoms with van der Waals surface area (Å²) in [6.07, 6.45) is 4.90. The fourth-order valence-corrected chi connectivity index (χ4v) is 4.27. The molecule has 1 saturated heterocycles. The van der Waals surface area contributed by atoms with Gasteiger partial charge < -0.3 is 10.6 Å². The molecule has 2 aliphatic rings.